The number of carbonyl (C=O) groups is 7. The predicted molar refractivity (Wildman–Crippen MR) is 587 cm³/mol. The van der Waals surface area contributed by atoms with E-state index in [1.807, 2.05) is 135 Å². The van der Waals surface area contributed by atoms with Crippen molar-refractivity contribution in [3.8, 4) is 11.5 Å². The summed E-state index contributed by atoms with van der Waals surface area (Å²) in [6.45, 7) is 36.4. The number of hydrogen-bond donors (Lipinski definition) is 0. The Balaban J connectivity index is 0.000000793. The molecule has 0 spiro atoms. The summed E-state index contributed by atoms with van der Waals surface area (Å²) < 4.78 is 36.1. The van der Waals surface area contributed by atoms with Crippen molar-refractivity contribution in [3.05, 3.63) is 330 Å². The van der Waals surface area contributed by atoms with E-state index in [0.29, 0.717) is 85.0 Å². The fourth-order valence-electron chi connectivity index (χ4n) is 15.5. The standard InChI is InChI=1S/C11H10.C9H13N.C9H14O2.C8H12O2.C8H10O.C8H16.C7H7Cl.C7H8O3S.C7H8O3.C7H10O2.C7H8O.C7H14.C7H8.C6H8O2.C6H6O2.C6H10O.C6H12.Na/c1-9-5-4-7-10-6-2-3-8-11(9)10;1-8-4-6-9(7-5-8)10(2)3;1-6-7(10)4-9(2,3)5-8(6)11;1-6-7(9)4-2-3-5-8(6)10;1-7-3-5-8(9-2)6-4-7;1-8-6-4-2-3-5-7-8;1-6-2-4-7(8)5-3-6;1-6-2-4-7(5-3-6)11(8,9)10;1-4-6(9)2-5(8)3-7(4)10;1-5-6(8)3-2-4-7(5)9;1-6-4-2-3-5-7(6)8;2*1-7-5-3-2-4-6-7;2*1-4-5(7)2-3-6(4)8;1-5-3-2-4-6(5)7;1-6-4-2-3-5-6;/h2-8H,1H3;4-7H,1-3H3;10H,4-5H2,1-3H3;9H,2-5H2,1H3;3-6H,1-2H3;8H,2-7H2,1H3;2-5H,1H3;2-5H,1H3,(H,8,9,10);9H,2-3H2,1H3;8H,2-4H2,1H3;2-5,8H,1H3;7H,2-6H2,1H3;2-6H,1H3;7H,2-3H2,1H3;2-3,7H,1H3;7H,2-4H2,1H3;6H,2-5H2,1H3;/q;;;;;;;;;;;;;;;;;+1/p-9. The van der Waals surface area contributed by atoms with E-state index in [0.717, 1.165) is 83.8 Å². The van der Waals surface area contributed by atoms with Gasteiger partial charge in [0.1, 0.15) is 21.7 Å². The van der Waals surface area contributed by atoms with Crippen molar-refractivity contribution in [2.45, 2.75) is 335 Å². The van der Waals surface area contributed by atoms with Crippen LogP contribution in [0.1, 0.15) is 321 Å². The molecular formula is C126H165ClNNaO19S-8. The first kappa shape index (κ1) is 136. The van der Waals surface area contributed by atoms with Gasteiger partial charge in [0.05, 0.1) is 18.4 Å². The number of rotatable bonds is 3. The third kappa shape index (κ3) is 59.9. The maximum Gasteiger partial charge on any atom is 1.00 e. The van der Waals surface area contributed by atoms with Gasteiger partial charge in [0.15, 0.2) is 34.7 Å². The van der Waals surface area contributed by atoms with Crippen molar-refractivity contribution in [1.29, 1.82) is 0 Å². The molecule has 10 aliphatic rings. The monoisotopic (exact) mass is 2090 g/mol. The van der Waals surface area contributed by atoms with Crippen LogP contribution < -0.4 is 80.0 Å². The summed E-state index contributed by atoms with van der Waals surface area (Å²) in [7, 11) is 1.49. The van der Waals surface area contributed by atoms with Crippen LogP contribution in [0.5, 0.6) is 11.5 Å². The summed E-state index contributed by atoms with van der Waals surface area (Å²) in [4.78, 5) is 77.1. The minimum Gasteiger partial charge on any atom is -0.875 e. The Kier molecular flexibility index (Phi) is 68.1. The quantitative estimate of drug-likeness (QED) is 0.0686. The predicted octanol–water partition coefficient (Wildman–Crippen LogP) is 20.8. The number of ether oxygens (including phenoxy) is 1. The van der Waals surface area contributed by atoms with E-state index in [1.54, 1.807) is 59.1 Å². The van der Waals surface area contributed by atoms with Gasteiger partial charge in [0.25, 0.3) is 0 Å². The fraction of sp³-hybridized carbons (Fsp3) is 0.452. The number of ketones is 7. The van der Waals surface area contributed by atoms with Crippen LogP contribution in [0, 0.1) is 71.6 Å². The van der Waals surface area contributed by atoms with Gasteiger partial charge >= 0.3 is 29.6 Å². The van der Waals surface area contributed by atoms with E-state index in [4.69, 9.17) is 16.3 Å². The zero-order valence-electron chi connectivity index (χ0n) is 93.3. The van der Waals surface area contributed by atoms with Crippen molar-refractivity contribution >= 4 is 78.7 Å². The SMILES string of the molecule is CC1=C([O-])C=CC1=O.CC1=C([O-])CC(=O)CC1=O.CC1=C([O-])CC(C)(C)CC1=O.CC1=C([O-])CCC1.CC1=C([O-])CCC1=O.CC1=C([O-])CCCC1=O.CC1=C([O-])CCCCC1=O.CC1CCCC1.CC1CCCCC1.CC1CCCCCC1.COc1ccc(C)cc1.Cc1ccc(Cl)cc1.Cc1ccc(N(C)C)cc1.Cc1ccc(S(=O)(=O)[O-])cc1.Cc1cccc2ccccc12.Cc1ccccc1.Cc1ccccc1[O-].[Na+]. The topological polar surface area (TPSA) is 374 Å². The zero-order chi connectivity index (χ0) is 111. The smallest absolute Gasteiger partial charge is 0.875 e. The van der Waals surface area contributed by atoms with Crippen LogP contribution in [0.3, 0.4) is 0 Å². The van der Waals surface area contributed by atoms with E-state index in [-0.39, 0.29) is 139 Å². The fourth-order valence-corrected chi connectivity index (χ4v) is 16.1. The Labute approximate surface area is 919 Å². The molecule has 10 aliphatic carbocycles. The molecule has 8 aromatic rings. The van der Waals surface area contributed by atoms with Crippen molar-refractivity contribution in [1.82, 2.24) is 0 Å². The van der Waals surface area contributed by atoms with E-state index in [2.05, 4.69) is 132 Å². The molecule has 0 bridgehead atoms. The molecule has 0 amide bonds. The van der Waals surface area contributed by atoms with Crippen molar-refractivity contribution < 1.29 is 122 Å². The Morgan fingerprint density at radius 1 is 0.349 bits per heavy atom. The average molecular weight is 2090 g/mol. The summed E-state index contributed by atoms with van der Waals surface area (Å²) in [5.74, 6) is 3.54. The molecule has 0 N–H and O–H groups in total. The van der Waals surface area contributed by atoms with Gasteiger partial charge in [-0.25, -0.2) is 8.42 Å². The number of anilines is 1. The third-order valence-electron chi connectivity index (χ3n) is 26.0. The molecule has 20 nitrogen and oxygen atoms in total. The number of nitrogens with zero attached hydrogens (tertiary/aromatic N) is 1. The molecule has 810 valence electrons. The second-order valence-corrected chi connectivity index (χ2v) is 42.1. The maximum atomic E-state index is 11.2. The second kappa shape index (κ2) is 74.7. The molecule has 0 unspecified atom stereocenters. The molecule has 3 saturated carbocycles. The molecule has 0 heterocycles. The first-order valence-corrected chi connectivity index (χ1v) is 53.8. The van der Waals surface area contributed by atoms with Crippen LogP contribution >= 0.6 is 11.6 Å². The zero-order valence-corrected chi connectivity index (χ0v) is 96.8. The summed E-state index contributed by atoms with van der Waals surface area (Å²) in [6.07, 6.45) is 34.3. The number of Topliss-reactive ketones (excluding diaryl/α,β-unsaturated/α-hetero) is 6. The van der Waals surface area contributed by atoms with Gasteiger partial charge in [-0.05, 0) is 289 Å². The van der Waals surface area contributed by atoms with Crippen LogP contribution in [0.25, 0.3) is 10.8 Å². The number of aryl methyl sites for hydroxylation is 7. The summed E-state index contributed by atoms with van der Waals surface area (Å²) in [5.41, 5.74) is 12.8. The number of benzene rings is 8. The molecular weight excluding hydrogens is 1920 g/mol. The van der Waals surface area contributed by atoms with Crippen LogP contribution in [0.2, 0.25) is 5.02 Å². The summed E-state index contributed by atoms with van der Waals surface area (Å²) in [5, 5.41) is 89.2. The Hall–Kier alpha value is -11.2. The van der Waals surface area contributed by atoms with Crippen molar-refractivity contribution in [2.75, 3.05) is 26.1 Å². The minimum atomic E-state index is -4.27. The Morgan fingerprint density at radius 2 is 0.732 bits per heavy atom. The van der Waals surface area contributed by atoms with Crippen molar-refractivity contribution in [2.24, 2.45) is 23.2 Å². The number of carbonyl (C=O) groups excluding carboxylic acids is 7. The number of hydrogen-bond acceptors (Lipinski definition) is 20. The Bertz CT molecular complexity index is 5720. The van der Waals surface area contributed by atoms with Crippen LogP contribution in [0.4, 0.5) is 5.69 Å². The largest absolute Gasteiger partial charge is 1.00 e. The third-order valence-corrected chi connectivity index (χ3v) is 27.1. The molecule has 0 atom stereocenters. The van der Waals surface area contributed by atoms with E-state index in [1.165, 1.54) is 179 Å². The summed E-state index contributed by atoms with van der Waals surface area (Å²) >= 11 is 5.61. The van der Waals surface area contributed by atoms with Gasteiger partial charge in [0.2, 0.25) is 0 Å². The molecule has 149 heavy (non-hydrogen) atoms. The second-order valence-electron chi connectivity index (χ2n) is 40.3. The Morgan fingerprint density at radius 3 is 1.09 bits per heavy atom. The van der Waals surface area contributed by atoms with Gasteiger partial charge < -0.3 is 55.0 Å². The van der Waals surface area contributed by atoms with E-state index in [9.17, 15) is 87.4 Å². The van der Waals surface area contributed by atoms with Crippen LogP contribution in [-0.4, -0.2) is 74.7 Å². The number of para-hydroxylation sites is 1. The normalized spacial score (nSPS) is 16.6. The average Bonchev–Trinajstić information content (AvgIpc) is 1.43. The molecule has 0 aliphatic heterocycles. The molecule has 23 heteroatoms. The van der Waals surface area contributed by atoms with Crippen molar-refractivity contribution in [3.63, 3.8) is 0 Å². The summed E-state index contributed by atoms with van der Waals surface area (Å²) in [6, 6.07) is 62.0. The van der Waals surface area contributed by atoms with Gasteiger partial charge in [0, 0.05) is 56.9 Å². The van der Waals surface area contributed by atoms with Gasteiger partial charge in [-0.2, -0.15) is 0 Å². The molecule has 18 rings (SSSR count). The first-order valence-electron chi connectivity index (χ1n) is 52.0. The number of halogens is 1. The minimum absolute atomic E-state index is 0. The number of fused-ring (bicyclic) bond motifs is 1. The molecule has 0 radical (unpaired) electrons. The van der Waals surface area contributed by atoms with Gasteiger partial charge in [-0.15, -0.1) is 46.1 Å². The number of methoxy groups -OCH3 is 1. The van der Waals surface area contributed by atoms with E-state index < -0.39 is 10.1 Å². The molecule has 0 saturated heterocycles. The maximum absolute atomic E-state index is 11.2. The van der Waals surface area contributed by atoms with E-state index >= 15 is 0 Å². The molecule has 3 fully saturated rings. The first-order chi connectivity index (χ1) is 69.8. The molecule has 0 aromatic heterocycles. The van der Waals surface area contributed by atoms with Crippen LogP contribution in [0.15, 0.2) is 290 Å². The molecule has 8 aromatic carbocycles. The number of allylic oxidation sites excluding steroid dienone is 15. The van der Waals surface area contributed by atoms with Crippen LogP contribution in [-0.2, 0) is 43.7 Å². The van der Waals surface area contributed by atoms with Gasteiger partial charge in [-0.1, -0.05) is 333 Å². The van der Waals surface area contributed by atoms with Gasteiger partial charge in [-0.3, -0.25) is 33.6 Å².